The molecule has 138 valence electrons. The third kappa shape index (κ3) is 3.99. The summed E-state index contributed by atoms with van der Waals surface area (Å²) in [5.74, 6) is -0.925. The Bertz CT molecular complexity index is 808. The van der Waals surface area contributed by atoms with Gasteiger partial charge in [0.25, 0.3) is 5.91 Å². The quantitative estimate of drug-likeness (QED) is 0.698. The van der Waals surface area contributed by atoms with E-state index in [0.717, 1.165) is 24.3 Å². The number of rotatable bonds is 2. The van der Waals surface area contributed by atoms with Crippen LogP contribution in [0.1, 0.15) is 27.6 Å². The molecule has 1 aliphatic rings. The Kier molecular flexibility index (Phi) is 5.20. The number of morpholine rings is 1. The minimum absolute atomic E-state index is 0.00701. The molecule has 8 heteroatoms. The number of ether oxygens (including phenoxy) is 1. The average Bonchev–Trinajstić information content (AvgIpc) is 2.61. The lowest BCUT2D eigenvalue weighted by atomic mass is 10.0. The summed E-state index contributed by atoms with van der Waals surface area (Å²) in [6.07, 6.45) is -4.96. The SMILES string of the molecule is O=C(c1ccc(F)cc1Cl)N1CCO[C@H](c2ccc(C(F)(F)F)cc2)C1. The van der Waals surface area contributed by atoms with E-state index in [2.05, 4.69) is 0 Å². The van der Waals surface area contributed by atoms with E-state index in [-0.39, 0.29) is 29.6 Å². The second-order valence-corrected chi connectivity index (χ2v) is 6.26. The fourth-order valence-electron chi connectivity index (χ4n) is 2.76. The Hall–Kier alpha value is -2.12. The second kappa shape index (κ2) is 7.25. The van der Waals surface area contributed by atoms with E-state index < -0.39 is 23.7 Å². The van der Waals surface area contributed by atoms with Crippen molar-refractivity contribution in [3.05, 3.63) is 70.0 Å². The number of halogens is 5. The largest absolute Gasteiger partial charge is 0.416 e. The number of carbonyl (C=O) groups is 1. The molecule has 3 rings (SSSR count). The van der Waals surface area contributed by atoms with Gasteiger partial charge in [-0.05, 0) is 35.9 Å². The van der Waals surface area contributed by atoms with Crippen LogP contribution in [0, 0.1) is 5.82 Å². The summed E-state index contributed by atoms with van der Waals surface area (Å²) in [6, 6.07) is 8.16. The molecule has 0 aromatic heterocycles. The first-order valence-electron chi connectivity index (χ1n) is 7.79. The van der Waals surface area contributed by atoms with Crippen molar-refractivity contribution in [2.75, 3.05) is 19.7 Å². The lowest BCUT2D eigenvalue weighted by Crippen LogP contribution is -2.42. The highest BCUT2D eigenvalue weighted by Crippen LogP contribution is 2.31. The summed E-state index contributed by atoms with van der Waals surface area (Å²) in [6.45, 7) is 0.706. The van der Waals surface area contributed by atoms with Crippen molar-refractivity contribution in [2.45, 2.75) is 12.3 Å². The van der Waals surface area contributed by atoms with E-state index in [4.69, 9.17) is 16.3 Å². The summed E-state index contributed by atoms with van der Waals surface area (Å²) in [7, 11) is 0. The summed E-state index contributed by atoms with van der Waals surface area (Å²) < 4.78 is 56.7. The smallest absolute Gasteiger partial charge is 0.370 e. The van der Waals surface area contributed by atoms with Crippen LogP contribution in [0.15, 0.2) is 42.5 Å². The highest BCUT2D eigenvalue weighted by atomic mass is 35.5. The Morgan fingerprint density at radius 3 is 2.46 bits per heavy atom. The molecular weight excluding hydrogens is 374 g/mol. The standard InChI is InChI=1S/C18H14ClF4NO2/c19-15-9-13(20)5-6-14(15)17(25)24-7-8-26-16(10-24)11-1-3-12(4-2-11)18(21,22)23/h1-6,9,16H,7-8,10H2/t16-/m0/s1. The number of hydrogen-bond donors (Lipinski definition) is 0. The molecule has 0 spiro atoms. The summed E-state index contributed by atoms with van der Waals surface area (Å²) in [5.41, 5.74) is -0.0371. The molecule has 1 aliphatic heterocycles. The Labute approximate surface area is 152 Å². The van der Waals surface area contributed by atoms with Gasteiger partial charge in [0.05, 0.1) is 29.3 Å². The van der Waals surface area contributed by atoms with Crippen molar-refractivity contribution in [1.82, 2.24) is 4.90 Å². The molecule has 0 aliphatic carbocycles. The molecule has 1 amide bonds. The molecule has 0 saturated carbocycles. The summed E-state index contributed by atoms with van der Waals surface area (Å²) >= 11 is 5.93. The van der Waals surface area contributed by atoms with Crippen LogP contribution >= 0.6 is 11.6 Å². The van der Waals surface area contributed by atoms with E-state index in [1.807, 2.05) is 0 Å². The van der Waals surface area contributed by atoms with Gasteiger partial charge in [-0.2, -0.15) is 13.2 Å². The van der Waals surface area contributed by atoms with Gasteiger partial charge < -0.3 is 9.64 Å². The van der Waals surface area contributed by atoms with Gasteiger partial charge in [-0.1, -0.05) is 23.7 Å². The first-order valence-corrected chi connectivity index (χ1v) is 8.16. The van der Waals surface area contributed by atoms with Crippen LogP contribution in [-0.2, 0) is 10.9 Å². The van der Waals surface area contributed by atoms with Gasteiger partial charge in [0, 0.05) is 6.54 Å². The van der Waals surface area contributed by atoms with Crippen LogP contribution in [-0.4, -0.2) is 30.5 Å². The third-order valence-electron chi connectivity index (χ3n) is 4.12. The predicted molar refractivity (Wildman–Crippen MR) is 87.5 cm³/mol. The number of benzene rings is 2. The van der Waals surface area contributed by atoms with Crippen LogP contribution in [0.4, 0.5) is 17.6 Å². The van der Waals surface area contributed by atoms with Crippen molar-refractivity contribution in [2.24, 2.45) is 0 Å². The Balaban J connectivity index is 1.75. The molecule has 1 saturated heterocycles. The zero-order valence-electron chi connectivity index (χ0n) is 13.4. The minimum Gasteiger partial charge on any atom is -0.370 e. The maximum Gasteiger partial charge on any atom is 0.416 e. The Morgan fingerprint density at radius 1 is 1.15 bits per heavy atom. The molecule has 1 atom stereocenters. The molecule has 0 radical (unpaired) electrons. The van der Waals surface area contributed by atoms with Crippen LogP contribution in [0.25, 0.3) is 0 Å². The van der Waals surface area contributed by atoms with E-state index in [9.17, 15) is 22.4 Å². The number of alkyl halides is 3. The van der Waals surface area contributed by atoms with Crippen molar-refractivity contribution in [3.8, 4) is 0 Å². The van der Waals surface area contributed by atoms with E-state index in [0.29, 0.717) is 12.1 Å². The molecule has 1 heterocycles. The van der Waals surface area contributed by atoms with E-state index in [1.54, 1.807) is 0 Å². The Morgan fingerprint density at radius 2 is 1.85 bits per heavy atom. The van der Waals surface area contributed by atoms with Crippen molar-refractivity contribution in [1.29, 1.82) is 0 Å². The minimum atomic E-state index is -4.41. The van der Waals surface area contributed by atoms with Crippen LogP contribution in [0.2, 0.25) is 5.02 Å². The fraction of sp³-hybridized carbons (Fsp3) is 0.278. The zero-order chi connectivity index (χ0) is 18.9. The topological polar surface area (TPSA) is 29.5 Å². The normalized spacial score (nSPS) is 18.0. The number of carbonyl (C=O) groups excluding carboxylic acids is 1. The molecule has 3 nitrogen and oxygen atoms in total. The van der Waals surface area contributed by atoms with Crippen molar-refractivity contribution >= 4 is 17.5 Å². The van der Waals surface area contributed by atoms with Crippen LogP contribution in [0.3, 0.4) is 0 Å². The van der Waals surface area contributed by atoms with Gasteiger partial charge in [0.15, 0.2) is 0 Å². The fourth-order valence-corrected chi connectivity index (χ4v) is 3.00. The first-order chi connectivity index (χ1) is 12.3. The van der Waals surface area contributed by atoms with E-state index in [1.165, 1.54) is 23.1 Å². The maximum absolute atomic E-state index is 13.1. The van der Waals surface area contributed by atoms with Crippen molar-refractivity contribution in [3.63, 3.8) is 0 Å². The lowest BCUT2D eigenvalue weighted by molar-refractivity contribution is -0.137. The average molecular weight is 388 g/mol. The van der Waals surface area contributed by atoms with Gasteiger partial charge in [-0.15, -0.1) is 0 Å². The summed E-state index contributed by atoms with van der Waals surface area (Å²) in [5, 5.41) is 0.00701. The first kappa shape index (κ1) is 18.7. The van der Waals surface area contributed by atoms with Crippen LogP contribution in [0.5, 0.6) is 0 Å². The predicted octanol–water partition coefficient (Wildman–Crippen LogP) is 4.71. The number of nitrogens with zero attached hydrogens (tertiary/aromatic N) is 1. The monoisotopic (exact) mass is 387 g/mol. The van der Waals surface area contributed by atoms with Crippen molar-refractivity contribution < 1.29 is 27.1 Å². The highest BCUT2D eigenvalue weighted by molar-refractivity contribution is 6.33. The molecule has 2 aromatic carbocycles. The van der Waals surface area contributed by atoms with Gasteiger partial charge >= 0.3 is 6.18 Å². The van der Waals surface area contributed by atoms with E-state index >= 15 is 0 Å². The second-order valence-electron chi connectivity index (χ2n) is 5.85. The molecule has 2 aromatic rings. The van der Waals surface area contributed by atoms with Gasteiger partial charge in [0.1, 0.15) is 11.9 Å². The molecule has 0 unspecified atom stereocenters. The van der Waals surface area contributed by atoms with Gasteiger partial charge in [0.2, 0.25) is 0 Å². The zero-order valence-corrected chi connectivity index (χ0v) is 14.1. The highest BCUT2D eigenvalue weighted by Gasteiger charge is 2.31. The van der Waals surface area contributed by atoms with Crippen LogP contribution < -0.4 is 0 Å². The number of hydrogen-bond acceptors (Lipinski definition) is 2. The lowest BCUT2D eigenvalue weighted by Gasteiger charge is -2.33. The molecule has 0 bridgehead atoms. The molecule has 0 N–H and O–H groups in total. The molecular formula is C18H14ClF4NO2. The maximum atomic E-state index is 13.1. The summed E-state index contributed by atoms with van der Waals surface area (Å²) in [4.78, 5) is 14.1. The number of amides is 1. The molecule has 1 fully saturated rings. The third-order valence-corrected chi connectivity index (χ3v) is 4.44. The van der Waals surface area contributed by atoms with Gasteiger partial charge in [-0.3, -0.25) is 4.79 Å². The van der Waals surface area contributed by atoms with Gasteiger partial charge in [-0.25, -0.2) is 4.39 Å². The molecule has 26 heavy (non-hydrogen) atoms.